The molecule has 1 aromatic heterocycles. The molecule has 148 valence electrons. The molecule has 8 heteroatoms. The largest absolute Gasteiger partial charge is 0.464 e. The topological polar surface area (TPSA) is 90.3 Å². The van der Waals surface area contributed by atoms with E-state index >= 15 is 0 Å². The Kier molecular flexibility index (Phi) is 6.28. The normalized spacial score (nSPS) is 19.1. The van der Waals surface area contributed by atoms with Crippen LogP contribution >= 0.6 is 15.9 Å². The van der Waals surface area contributed by atoms with Crippen LogP contribution in [0.4, 0.5) is 5.69 Å². The number of hydrogen-bond acceptors (Lipinski definition) is 5. The lowest BCUT2D eigenvalue weighted by atomic mass is 9.75. The summed E-state index contributed by atoms with van der Waals surface area (Å²) in [5, 5.41) is 6.80. The lowest BCUT2D eigenvalue weighted by Crippen LogP contribution is -2.36. The standard InChI is InChI=1S/C20H22BrN3O4/c1-24-17(20(27)28-2)16(11-22-24)23-19(26)15-6-4-3-5-14(15)18(25)12-7-9-13(21)10-8-12/h7-11,14-15H,3-6H2,1-2H3,(H,23,26)/t14-,15-/m1/s1. The predicted octanol–water partition coefficient (Wildman–Crippen LogP) is 3.60. The third kappa shape index (κ3) is 4.16. The Labute approximate surface area is 171 Å². The van der Waals surface area contributed by atoms with Crippen molar-refractivity contribution in [2.45, 2.75) is 25.7 Å². The summed E-state index contributed by atoms with van der Waals surface area (Å²) in [5.74, 6) is -1.70. The smallest absolute Gasteiger partial charge is 0.358 e. The van der Waals surface area contributed by atoms with Crippen molar-refractivity contribution in [2.24, 2.45) is 18.9 Å². The van der Waals surface area contributed by atoms with Crippen molar-refractivity contribution in [3.63, 3.8) is 0 Å². The summed E-state index contributed by atoms with van der Waals surface area (Å²) in [6, 6.07) is 7.19. The average molecular weight is 448 g/mol. The molecule has 2 atom stereocenters. The number of amides is 1. The maximum atomic E-state index is 13.0. The molecular weight excluding hydrogens is 426 g/mol. The van der Waals surface area contributed by atoms with E-state index in [0.29, 0.717) is 24.1 Å². The van der Waals surface area contributed by atoms with Gasteiger partial charge in [0.1, 0.15) is 0 Å². The SMILES string of the molecule is COC(=O)c1c(NC(=O)[C@@H]2CCCC[C@H]2C(=O)c2ccc(Br)cc2)cnn1C. The Morgan fingerprint density at radius 3 is 2.43 bits per heavy atom. The number of nitrogens with zero attached hydrogens (tertiary/aromatic N) is 2. The first-order valence-corrected chi connectivity index (χ1v) is 9.92. The van der Waals surface area contributed by atoms with Crippen LogP contribution in [-0.2, 0) is 16.6 Å². The molecule has 0 unspecified atom stereocenters. The number of carbonyl (C=O) groups excluding carboxylic acids is 3. The maximum absolute atomic E-state index is 13.0. The van der Waals surface area contributed by atoms with E-state index in [1.54, 1.807) is 19.2 Å². The van der Waals surface area contributed by atoms with Crippen molar-refractivity contribution in [2.75, 3.05) is 12.4 Å². The fourth-order valence-corrected chi connectivity index (χ4v) is 3.94. The maximum Gasteiger partial charge on any atom is 0.358 e. The molecule has 0 radical (unpaired) electrons. The molecule has 7 nitrogen and oxygen atoms in total. The van der Waals surface area contributed by atoms with Crippen molar-refractivity contribution in [3.05, 3.63) is 46.2 Å². The molecule has 0 saturated heterocycles. The number of methoxy groups -OCH3 is 1. The van der Waals surface area contributed by atoms with E-state index in [1.807, 2.05) is 12.1 Å². The highest BCUT2D eigenvalue weighted by Crippen LogP contribution is 2.34. The summed E-state index contributed by atoms with van der Waals surface area (Å²) in [4.78, 5) is 38.0. The van der Waals surface area contributed by atoms with Crippen LogP contribution in [0.1, 0.15) is 46.5 Å². The number of aryl methyl sites for hydroxylation is 1. The number of carbonyl (C=O) groups is 3. The second-order valence-corrected chi connectivity index (χ2v) is 7.80. The lowest BCUT2D eigenvalue weighted by Gasteiger charge is -2.29. The van der Waals surface area contributed by atoms with Gasteiger partial charge in [0.05, 0.1) is 19.0 Å². The molecule has 1 N–H and O–H groups in total. The molecule has 28 heavy (non-hydrogen) atoms. The van der Waals surface area contributed by atoms with Gasteiger partial charge in [0.2, 0.25) is 5.91 Å². The number of halogens is 1. The number of esters is 1. The molecule has 1 heterocycles. The molecule has 1 saturated carbocycles. The minimum Gasteiger partial charge on any atom is -0.464 e. The second-order valence-electron chi connectivity index (χ2n) is 6.88. The molecular formula is C20H22BrN3O4. The van der Waals surface area contributed by atoms with Crippen LogP contribution in [0, 0.1) is 11.8 Å². The summed E-state index contributed by atoms with van der Waals surface area (Å²) in [5.41, 5.74) is 1.06. The minimum absolute atomic E-state index is 0.0215. The highest BCUT2D eigenvalue weighted by Gasteiger charge is 2.36. The Morgan fingerprint density at radius 2 is 1.79 bits per heavy atom. The van der Waals surface area contributed by atoms with Gasteiger partial charge < -0.3 is 10.1 Å². The monoisotopic (exact) mass is 447 g/mol. The van der Waals surface area contributed by atoms with Crippen LogP contribution in [-0.4, -0.2) is 34.6 Å². The third-order valence-corrected chi connectivity index (χ3v) is 5.67. The van der Waals surface area contributed by atoms with Gasteiger partial charge in [-0.15, -0.1) is 0 Å². The minimum atomic E-state index is -0.582. The van der Waals surface area contributed by atoms with E-state index in [0.717, 1.165) is 17.3 Å². The second kappa shape index (κ2) is 8.68. The van der Waals surface area contributed by atoms with Crippen LogP contribution in [0.3, 0.4) is 0 Å². The number of benzene rings is 1. The molecule has 1 aromatic carbocycles. The Morgan fingerprint density at radius 1 is 1.14 bits per heavy atom. The van der Waals surface area contributed by atoms with Gasteiger partial charge in [0.15, 0.2) is 11.5 Å². The average Bonchev–Trinajstić information content (AvgIpc) is 3.07. The Bertz CT molecular complexity index is 891. The number of aromatic nitrogens is 2. The summed E-state index contributed by atoms with van der Waals surface area (Å²) >= 11 is 3.37. The number of hydrogen-bond donors (Lipinski definition) is 1. The Balaban J connectivity index is 1.80. The summed E-state index contributed by atoms with van der Waals surface area (Å²) in [6.45, 7) is 0. The predicted molar refractivity (Wildman–Crippen MR) is 107 cm³/mol. The summed E-state index contributed by atoms with van der Waals surface area (Å²) in [7, 11) is 2.87. The van der Waals surface area contributed by atoms with Crippen LogP contribution in [0.5, 0.6) is 0 Å². The molecule has 0 aliphatic heterocycles. The Hall–Kier alpha value is -2.48. The number of rotatable bonds is 5. The quantitative estimate of drug-likeness (QED) is 0.558. The number of anilines is 1. The van der Waals surface area contributed by atoms with Gasteiger partial charge in [-0.05, 0) is 25.0 Å². The highest BCUT2D eigenvalue weighted by atomic mass is 79.9. The fourth-order valence-electron chi connectivity index (χ4n) is 3.68. The van der Waals surface area contributed by atoms with Crippen molar-refractivity contribution in [1.82, 2.24) is 9.78 Å². The molecule has 2 aromatic rings. The van der Waals surface area contributed by atoms with Gasteiger partial charge in [-0.3, -0.25) is 14.3 Å². The van der Waals surface area contributed by atoms with Crippen molar-refractivity contribution >= 4 is 39.3 Å². The van der Waals surface area contributed by atoms with E-state index in [2.05, 4.69) is 26.3 Å². The molecule has 1 aliphatic rings. The number of nitrogens with one attached hydrogen (secondary N) is 1. The lowest BCUT2D eigenvalue weighted by molar-refractivity contribution is -0.121. The van der Waals surface area contributed by atoms with Crippen molar-refractivity contribution < 1.29 is 19.1 Å². The molecule has 1 fully saturated rings. The molecule has 0 spiro atoms. The highest BCUT2D eigenvalue weighted by molar-refractivity contribution is 9.10. The van der Waals surface area contributed by atoms with E-state index < -0.39 is 11.9 Å². The van der Waals surface area contributed by atoms with E-state index in [4.69, 9.17) is 4.74 Å². The first-order valence-electron chi connectivity index (χ1n) is 9.13. The first-order chi connectivity index (χ1) is 13.4. The van der Waals surface area contributed by atoms with Crippen LogP contribution in [0.25, 0.3) is 0 Å². The fraction of sp³-hybridized carbons (Fsp3) is 0.400. The number of ketones is 1. The summed E-state index contributed by atoms with van der Waals surface area (Å²) in [6.07, 6.45) is 4.52. The van der Waals surface area contributed by atoms with Crippen molar-refractivity contribution in [3.8, 4) is 0 Å². The van der Waals surface area contributed by atoms with E-state index in [-0.39, 0.29) is 23.3 Å². The third-order valence-electron chi connectivity index (χ3n) is 5.14. The molecule has 0 bridgehead atoms. The zero-order valence-electron chi connectivity index (χ0n) is 15.8. The summed E-state index contributed by atoms with van der Waals surface area (Å²) < 4.78 is 7.01. The zero-order valence-corrected chi connectivity index (χ0v) is 17.4. The molecule has 1 amide bonds. The zero-order chi connectivity index (χ0) is 20.3. The van der Waals surface area contributed by atoms with Gasteiger partial charge in [-0.2, -0.15) is 5.10 Å². The van der Waals surface area contributed by atoms with Gasteiger partial charge in [0, 0.05) is 28.9 Å². The van der Waals surface area contributed by atoms with Gasteiger partial charge in [0.25, 0.3) is 0 Å². The van der Waals surface area contributed by atoms with Gasteiger partial charge >= 0.3 is 5.97 Å². The van der Waals surface area contributed by atoms with Crippen LogP contribution in [0.15, 0.2) is 34.9 Å². The molecule has 1 aliphatic carbocycles. The number of Topliss-reactive ketones (excluding diaryl/α,β-unsaturated/α-hetero) is 1. The van der Waals surface area contributed by atoms with E-state index in [9.17, 15) is 14.4 Å². The van der Waals surface area contributed by atoms with Crippen molar-refractivity contribution in [1.29, 1.82) is 0 Å². The van der Waals surface area contributed by atoms with E-state index in [1.165, 1.54) is 18.0 Å². The molecule has 3 rings (SSSR count). The first kappa shape index (κ1) is 20.3. The van der Waals surface area contributed by atoms with Crippen LogP contribution < -0.4 is 5.32 Å². The number of ether oxygens (including phenoxy) is 1. The van der Waals surface area contributed by atoms with Gasteiger partial charge in [-0.1, -0.05) is 40.9 Å². The van der Waals surface area contributed by atoms with Gasteiger partial charge in [-0.25, -0.2) is 4.79 Å². The van der Waals surface area contributed by atoms with Crippen LogP contribution in [0.2, 0.25) is 0 Å².